The van der Waals surface area contributed by atoms with Crippen LogP contribution in [-0.4, -0.2) is 67.5 Å². The number of H-pyrrole nitrogens is 1. The number of nitrogens with zero attached hydrogens (tertiary/aromatic N) is 1. The predicted molar refractivity (Wildman–Crippen MR) is 147 cm³/mol. The van der Waals surface area contributed by atoms with Crippen molar-refractivity contribution in [2.24, 2.45) is 5.73 Å². The van der Waals surface area contributed by atoms with E-state index < -0.39 is 30.7 Å². The second-order valence-corrected chi connectivity index (χ2v) is 9.58. The van der Waals surface area contributed by atoms with E-state index in [2.05, 4.69) is 9.97 Å². The maximum absolute atomic E-state index is 6.57. The van der Waals surface area contributed by atoms with Gasteiger partial charge in [-0.25, -0.2) is 4.98 Å². The van der Waals surface area contributed by atoms with Crippen LogP contribution in [0.4, 0.5) is 0 Å². The van der Waals surface area contributed by atoms with Crippen LogP contribution in [0.3, 0.4) is 0 Å². The number of aromatic amines is 1. The molecule has 1 saturated heterocycles. The molecule has 1 aliphatic rings. The van der Waals surface area contributed by atoms with Gasteiger partial charge in [-0.05, 0) is 36.9 Å². The van der Waals surface area contributed by atoms with Crippen LogP contribution >= 0.6 is 0 Å². The quantitative estimate of drug-likeness (QED) is 0.248. The van der Waals surface area contributed by atoms with Crippen molar-refractivity contribution in [1.82, 2.24) is 9.97 Å². The third-order valence-corrected chi connectivity index (χ3v) is 6.66. The number of hydrogen-bond donors (Lipinski definition) is 2. The van der Waals surface area contributed by atoms with Gasteiger partial charge in [0.25, 0.3) is 0 Å². The van der Waals surface area contributed by atoms with Crippen molar-refractivity contribution in [2.45, 2.75) is 69.8 Å². The van der Waals surface area contributed by atoms with Crippen molar-refractivity contribution < 1.29 is 28.4 Å². The second-order valence-electron chi connectivity index (χ2n) is 9.58. The Hall–Kier alpha value is -2.63. The molecule has 0 amide bonds. The summed E-state index contributed by atoms with van der Waals surface area (Å²) >= 11 is 0. The average molecular weight is 540 g/mol. The number of benzene rings is 2. The number of aromatic nitrogens is 2. The lowest BCUT2D eigenvalue weighted by molar-refractivity contribution is -0.323. The summed E-state index contributed by atoms with van der Waals surface area (Å²) in [5.74, 6) is 0. The van der Waals surface area contributed by atoms with Crippen LogP contribution in [0.25, 0.3) is 0 Å². The van der Waals surface area contributed by atoms with Crippen LogP contribution < -0.4 is 5.73 Å². The third kappa shape index (κ3) is 9.22. The van der Waals surface area contributed by atoms with Gasteiger partial charge >= 0.3 is 0 Å². The lowest BCUT2D eigenvalue weighted by atomic mass is 9.98. The van der Waals surface area contributed by atoms with Gasteiger partial charge in [0.15, 0.2) is 6.29 Å². The van der Waals surface area contributed by atoms with Crippen LogP contribution in [0.5, 0.6) is 0 Å². The minimum Gasteiger partial charge on any atom is -0.379 e. The van der Waals surface area contributed by atoms with Crippen LogP contribution in [0.1, 0.15) is 36.1 Å². The Morgan fingerprint density at radius 2 is 1.49 bits per heavy atom. The van der Waals surface area contributed by atoms with E-state index in [4.69, 9.17) is 34.2 Å². The molecule has 9 heteroatoms. The first kappa shape index (κ1) is 29.4. The average Bonchev–Trinajstić information content (AvgIpc) is 3.51. The van der Waals surface area contributed by atoms with E-state index in [0.717, 1.165) is 36.1 Å². The molecule has 0 radical (unpaired) electrons. The molecule has 1 aliphatic heterocycles. The lowest BCUT2D eigenvalue weighted by Crippen LogP contribution is -2.61. The van der Waals surface area contributed by atoms with E-state index in [0.29, 0.717) is 39.6 Å². The number of rotatable bonds is 17. The van der Waals surface area contributed by atoms with Crippen molar-refractivity contribution in [1.29, 1.82) is 0 Å². The van der Waals surface area contributed by atoms with Crippen molar-refractivity contribution >= 4 is 0 Å². The minimum absolute atomic E-state index is 0.298. The number of hydrogen-bond acceptors (Lipinski definition) is 8. The molecule has 0 unspecified atom stereocenters. The first-order chi connectivity index (χ1) is 19.3. The number of methoxy groups -OCH3 is 1. The Morgan fingerprint density at radius 1 is 0.821 bits per heavy atom. The van der Waals surface area contributed by atoms with E-state index in [1.165, 1.54) is 0 Å². The smallest absolute Gasteiger partial charge is 0.186 e. The number of ether oxygens (including phenoxy) is 6. The molecular formula is C30H41N3O6. The fraction of sp³-hybridized carbons (Fsp3) is 0.500. The third-order valence-electron chi connectivity index (χ3n) is 6.66. The lowest BCUT2D eigenvalue weighted by Gasteiger charge is -2.45. The molecule has 212 valence electrons. The van der Waals surface area contributed by atoms with E-state index in [1.54, 1.807) is 19.6 Å². The van der Waals surface area contributed by atoms with Crippen molar-refractivity contribution in [3.63, 3.8) is 0 Å². The molecule has 0 saturated carbocycles. The predicted octanol–water partition coefficient (Wildman–Crippen LogP) is 3.98. The Kier molecular flexibility index (Phi) is 12.4. The van der Waals surface area contributed by atoms with Crippen LogP contribution in [0.2, 0.25) is 0 Å². The monoisotopic (exact) mass is 539 g/mol. The molecule has 0 aliphatic carbocycles. The van der Waals surface area contributed by atoms with E-state index >= 15 is 0 Å². The summed E-state index contributed by atoms with van der Waals surface area (Å²) in [4.78, 5) is 7.17. The first-order valence-corrected chi connectivity index (χ1v) is 13.6. The molecule has 3 aromatic rings. The van der Waals surface area contributed by atoms with Crippen LogP contribution in [0, 0.1) is 0 Å². The highest BCUT2D eigenvalue weighted by Gasteiger charge is 2.48. The summed E-state index contributed by atoms with van der Waals surface area (Å²) in [5.41, 5.74) is 8.58. The highest BCUT2D eigenvalue weighted by Crippen LogP contribution is 2.31. The summed E-state index contributed by atoms with van der Waals surface area (Å²) in [6.45, 7) is 2.75. The first-order valence-electron chi connectivity index (χ1n) is 13.6. The normalized spacial score (nSPS) is 23.2. The zero-order chi connectivity index (χ0) is 27.1. The Balaban J connectivity index is 1.53. The van der Waals surface area contributed by atoms with Gasteiger partial charge < -0.3 is 39.1 Å². The van der Waals surface area contributed by atoms with Gasteiger partial charge in [0.2, 0.25) is 0 Å². The molecular weight excluding hydrogens is 498 g/mol. The zero-order valence-corrected chi connectivity index (χ0v) is 22.7. The van der Waals surface area contributed by atoms with Crippen LogP contribution in [-0.2, 0) is 48.2 Å². The fourth-order valence-corrected chi connectivity index (χ4v) is 4.58. The maximum atomic E-state index is 6.57. The van der Waals surface area contributed by atoms with E-state index in [9.17, 15) is 0 Å². The van der Waals surface area contributed by atoms with Gasteiger partial charge in [-0.2, -0.15) is 0 Å². The summed E-state index contributed by atoms with van der Waals surface area (Å²) in [5, 5.41) is 0. The van der Waals surface area contributed by atoms with Gasteiger partial charge in [0.05, 0.1) is 44.6 Å². The number of imidazole rings is 1. The molecule has 5 atom stereocenters. The molecule has 1 aromatic heterocycles. The molecule has 0 bridgehead atoms. The SMILES string of the molecule is CO[C@@H]1O[C@H](COCCCCCN)[C@@H](OCc2ccccc2)[C@H](OCc2ccccc2)[C@H]1OCc1cnc[nH]1. The van der Waals surface area contributed by atoms with Crippen molar-refractivity contribution in [2.75, 3.05) is 26.9 Å². The molecule has 9 nitrogen and oxygen atoms in total. The van der Waals surface area contributed by atoms with Gasteiger partial charge in [-0.15, -0.1) is 0 Å². The summed E-state index contributed by atoms with van der Waals surface area (Å²) < 4.78 is 37.7. The Labute approximate surface area is 230 Å². The minimum atomic E-state index is -0.670. The molecule has 39 heavy (non-hydrogen) atoms. The van der Waals surface area contributed by atoms with Gasteiger partial charge in [-0.1, -0.05) is 60.7 Å². The summed E-state index contributed by atoms with van der Waals surface area (Å²) in [7, 11) is 1.61. The number of nitrogens with two attached hydrogens (primary N) is 1. The maximum Gasteiger partial charge on any atom is 0.186 e. The Morgan fingerprint density at radius 3 is 2.10 bits per heavy atom. The summed E-state index contributed by atoms with van der Waals surface area (Å²) in [6, 6.07) is 20.1. The molecule has 2 heterocycles. The fourth-order valence-electron chi connectivity index (χ4n) is 4.58. The van der Waals surface area contributed by atoms with Crippen molar-refractivity contribution in [3.05, 3.63) is 90.0 Å². The zero-order valence-electron chi connectivity index (χ0n) is 22.7. The molecule has 1 fully saturated rings. The molecule has 0 spiro atoms. The highest BCUT2D eigenvalue weighted by molar-refractivity contribution is 5.14. The van der Waals surface area contributed by atoms with E-state index in [-0.39, 0.29) is 0 Å². The Bertz CT molecular complexity index is 1020. The topological polar surface area (TPSA) is 110 Å². The largest absolute Gasteiger partial charge is 0.379 e. The van der Waals surface area contributed by atoms with E-state index in [1.807, 2.05) is 60.7 Å². The highest BCUT2D eigenvalue weighted by atomic mass is 16.7. The molecule has 4 rings (SSSR count). The molecule has 3 N–H and O–H groups in total. The van der Waals surface area contributed by atoms with Crippen molar-refractivity contribution in [3.8, 4) is 0 Å². The summed E-state index contributed by atoms with van der Waals surface area (Å²) in [6.07, 6.45) is 3.73. The van der Waals surface area contributed by atoms with Gasteiger partial charge in [0.1, 0.15) is 24.4 Å². The number of nitrogens with one attached hydrogen (secondary N) is 1. The van der Waals surface area contributed by atoms with Gasteiger partial charge in [0, 0.05) is 13.7 Å². The molecule has 2 aromatic carbocycles. The van der Waals surface area contributed by atoms with Gasteiger partial charge in [-0.3, -0.25) is 0 Å². The van der Waals surface area contributed by atoms with Crippen LogP contribution in [0.15, 0.2) is 73.2 Å². The number of unbranched alkanes of at least 4 members (excludes halogenated alkanes) is 2. The standard InChI is InChI=1S/C30H41N3O6/c1-34-30-29(38-20-25-17-32-22-33-25)28(37-19-24-13-7-3-8-14-24)27(36-18-23-11-5-2-6-12-23)26(39-30)21-35-16-10-4-9-15-31/h2-3,5-8,11-14,17,22,26-30H,4,9-10,15-16,18-21,31H2,1H3,(H,32,33)/t26-,27-,28+,29-,30-/m1/s1. The second kappa shape index (κ2) is 16.5.